The molecule has 0 aliphatic rings. The Kier molecular flexibility index (Phi) is 2.91. The molecular weight excluding hydrogens is 221 g/mol. The van der Waals surface area contributed by atoms with Gasteiger partial charge < -0.3 is 10.5 Å². The summed E-state index contributed by atoms with van der Waals surface area (Å²) in [4.78, 5) is 7.99. The summed E-state index contributed by atoms with van der Waals surface area (Å²) < 4.78 is 18.6. The lowest BCUT2D eigenvalue weighted by Crippen LogP contribution is -1.98. The van der Waals surface area contributed by atoms with Gasteiger partial charge in [-0.05, 0) is 25.5 Å². The zero-order valence-corrected chi connectivity index (χ0v) is 9.57. The molecule has 0 saturated heterocycles. The SMILES string of the molecule is Cc1nc(N)cc(Oc2cc(F)ccc2C)n1. The Hall–Kier alpha value is -2.17. The molecule has 0 radical (unpaired) electrons. The second-order valence-electron chi connectivity index (χ2n) is 3.69. The summed E-state index contributed by atoms with van der Waals surface area (Å²) >= 11 is 0. The largest absolute Gasteiger partial charge is 0.438 e. The first-order chi connectivity index (χ1) is 8.04. The molecule has 0 aliphatic carbocycles. The van der Waals surface area contributed by atoms with Crippen molar-refractivity contribution in [3.8, 4) is 11.6 Å². The van der Waals surface area contributed by atoms with Crippen molar-refractivity contribution < 1.29 is 9.13 Å². The van der Waals surface area contributed by atoms with E-state index in [0.29, 0.717) is 23.3 Å². The summed E-state index contributed by atoms with van der Waals surface area (Å²) in [5, 5.41) is 0. The van der Waals surface area contributed by atoms with Crippen LogP contribution in [0.15, 0.2) is 24.3 Å². The van der Waals surface area contributed by atoms with E-state index in [1.165, 1.54) is 18.2 Å². The normalized spacial score (nSPS) is 10.3. The highest BCUT2D eigenvalue weighted by molar-refractivity contribution is 5.38. The first kappa shape index (κ1) is 11.3. The smallest absolute Gasteiger partial charge is 0.224 e. The fourth-order valence-electron chi connectivity index (χ4n) is 1.41. The zero-order chi connectivity index (χ0) is 12.4. The molecule has 2 aromatic rings. The van der Waals surface area contributed by atoms with Gasteiger partial charge in [0.2, 0.25) is 5.88 Å². The van der Waals surface area contributed by atoms with Crippen LogP contribution >= 0.6 is 0 Å². The number of ether oxygens (including phenoxy) is 1. The van der Waals surface area contributed by atoms with Crippen molar-refractivity contribution in [3.63, 3.8) is 0 Å². The third kappa shape index (κ3) is 2.69. The lowest BCUT2D eigenvalue weighted by molar-refractivity contribution is 0.452. The third-order valence-corrected chi connectivity index (χ3v) is 2.20. The van der Waals surface area contributed by atoms with Crippen LogP contribution in [-0.2, 0) is 0 Å². The number of hydrogen-bond donors (Lipinski definition) is 1. The molecule has 1 aromatic carbocycles. The Morgan fingerprint density at radius 3 is 2.65 bits per heavy atom. The minimum atomic E-state index is -0.357. The molecule has 0 spiro atoms. The van der Waals surface area contributed by atoms with Gasteiger partial charge in [-0.1, -0.05) is 6.07 Å². The molecule has 0 aliphatic heterocycles. The lowest BCUT2D eigenvalue weighted by atomic mass is 10.2. The Morgan fingerprint density at radius 1 is 1.18 bits per heavy atom. The average Bonchev–Trinajstić information content (AvgIpc) is 2.22. The highest BCUT2D eigenvalue weighted by Gasteiger charge is 2.06. The summed E-state index contributed by atoms with van der Waals surface area (Å²) in [6, 6.07) is 5.82. The highest BCUT2D eigenvalue weighted by Crippen LogP contribution is 2.25. The van der Waals surface area contributed by atoms with Crippen LogP contribution in [0, 0.1) is 19.7 Å². The Balaban J connectivity index is 2.34. The molecule has 0 saturated carbocycles. The van der Waals surface area contributed by atoms with E-state index in [9.17, 15) is 4.39 Å². The molecular formula is C12H12FN3O. The molecule has 0 bridgehead atoms. The molecule has 1 aromatic heterocycles. The first-order valence-corrected chi connectivity index (χ1v) is 5.10. The second kappa shape index (κ2) is 4.37. The van der Waals surface area contributed by atoms with Gasteiger partial charge in [0.25, 0.3) is 0 Å². The molecule has 0 amide bonds. The lowest BCUT2D eigenvalue weighted by Gasteiger charge is -2.08. The maximum atomic E-state index is 13.1. The van der Waals surface area contributed by atoms with Crippen molar-refractivity contribution in [2.75, 3.05) is 5.73 Å². The maximum absolute atomic E-state index is 13.1. The van der Waals surface area contributed by atoms with Crippen molar-refractivity contribution in [2.24, 2.45) is 0 Å². The quantitative estimate of drug-likeness (QED) is 0.866. The Labute approximate surface area is 98.3 Å². The summed E-state index contributed by atoms with van der Waals surface area (Å²) in [6.45, 7) is 3.54. The van der Waals surface area contributed by atoms with Crippen molar-refractivity contribution in [1.82, 2.24) is 9.97 Å². The van der Waals surface area contributed by atoms with Crippen molar-refractivity contribution in [2.45, 2.75) is 13.8 Å². The van der Waals surface area contributed by atoms with E-state index in [1.807, 2.05) is 6.92 Å². The van der Waals surface area contributed by atoms with Gasteiger partial charge >= 0.3 is 0 Å². The van der Waals surface area contributed by atoms with E-state index in [0.717, 1.165) is 5.56 Å². The molecule has 0 fully saturated rings. The molecule has 0 unspecified atom stereocenters. The molecule has 4 nitrogen and oxygen atoms in total. The van der Waals surface area contributed by atoms with Gasteiger partial charge in [0.15, 0.2) is 0 Å². The zero-order valence-electron chi connectivity index (χ0n) is 9.57. The standard InChI is InChI=1S/C12H12FN3O/c1-7-3-4-9(13)5-10(7)17-12-6-11(14)15-8(2)16-12/h3-6H,1-2H3,(H2,14,15,16). The monoisotopic (exact) mass is 233 g/mol. The van der Waals surface area contributed by atoms with Gasteiger partial charge in [0, 0.05) is 12.1 Å². The number of halogens is 1. The number of benzene rings is 1. The van der Waals surface area contributed by atoms with Crippen LogP contribution in [0.2, 0.25) is 0 Å². The summed E-state index contributed by atoms with van der Waals surface area (Å²) in [7, 11) is 0. The Bertz CT molecular complexity index is 537. The van der Waals surface area contributed by atoms with E-state index < -0.39 is 0 Å². The summed E-state index contributed by atoms with van der Waals surface area (Å²) in [5.74, 6) is 1.20. The average molecular weight is 233 g/mol. The van der Waals surface area contributed by atoms with Crippen LogP contribution in [-0.4, -0.2) is 9.97 Å². The van der Waals surface area contributed by atoms with E-state index in [4.69, 9.17) is 10.5 Å². The van der Waals surface area contributed by atoms with E-state index >= 15 is 0 Å². The highest BCUT2D eigenvalue weighted by atomic mass is 19.1. The predicted octanol–water partition coefficient (Wildman–Crippen LogP) is 2.61. The van der Waals surface area contributed by atoms with Crippen molar-refractivity contribution in [1.29, 1.82) is 0 Å². The molecule has 5 heteroatoms. The minimum absolute atomic E-state index is 0.309. The maximum Gasteiger partial charge on any atom is 0.224 e. The van der Waals surface area contributed by atoms with Gasteiger partial charge in [0.05, 0.1) is 0 Å². The number of nitrogens with two attached hydrogens (primary N) is 1. The van der Waals surface area contributed by atoms with E-state index in [-0.39, 0.29) is 5.82 Å². The molecule has 1 heterocycles. The van der Waals surface area contributed by atoms with Crippen LogP contribution < -0.4 is 10.5 Å². The van der Waals surface area contributed by atoms with Crippen LogP contribution in [0.25, 0.3) is 0 Å². The summed E-state index contributed by atoms with van der Waals surface area (Å²) in [6.07, 6.45) is 0. The fraction of sp³-hybridized carbons (Fsp3) is 0.167. The molecule has 88 valence electrons. The van der Waals surface area contributed by atoms with Crippen molar-refractivity contribution >= 4 is 5.82 Å². The first-order valence-electron chi connectivity index (χ1n) is 5.10. The molecule has 2 N–H and O–H groups in total. The Morgan fingerprint density at radius 2 is 1.94 bits per heavy atom. The molecule has 0 atom stereocenters. The number of anilines is 1. The van der Waals surface area contributed by atoms with Crippen LogP contribution in [0.1, 0.15) is 11.4 Å². The fourth-order valence-corrected chi connectivity index (χ4v) is 1.41. The third-order valence-electron chi connectivity index (χ3n) is 2.20. The van der Waals surface area contributed by atoms with Crippen LogP contribution in [0.3, 0.4) is 0 Å². The van der Waals surface area contributed by atoms with Crippen LogP contribution in [0.5, 0.6) is 11.6 Å². The summed E-state index contributed by atoms with van der Waals surface area (Å²) in [5.41, 5.74) is 6.40. The van der Waals surface area contributed by atoms with Crippen LogP contribution in [0.4, 0.5) is 10.2 Å². The van der Waals surface area contributed by atoms with Crippen molar-refractivity contribution in [3.05, 3.63) is 41.5 Å². The molecule has 17 heavy (non-hydrogen) atoms. The van der Waals surface area contributed by atoms with Gasteiger partial charge in [-0.3, -0.25) is 0 Å². The number of nitrogen functional groups attached to an aromatic ring is 1. The second-order valence-corrected chi connectivity index (χ2v) is 3.69. The number of hydrogen-bond acceptors (Lipinski definition) is 4. The minimum Gasteiger partial charge on any atom is -0.438 e. The number of aromatic nitrogens is 2. The van der Waals surface area contributed by atoms with Gasteiger partial charge in [-0.15, -0.1) is 0 Å². The van der Waals surface area contributed by atoms with Gasteiger partial charge in [-0.2, -0.15) is 4.98 Å². The number of aryl methyl sites for hydroxylation is 2. The topological polar surface area (TPSA) is 61.0 Å². The predicted molar refractivity (Wildman–Crippen MR) is 62.4 cm³/mol. The number of nitrogens with zero attached hydrogens (tertiary/aromatic N) is 2. The number of rotatable bonds is 2. The van der Waals surface area contributed by atoms with E-state index in [2.05, 4.69) is 9.97 Å². The van der Waals surface area contributed by atoms with Gasteiger partial charge in [-0.25, -0.2) is 9.37 Å². The van der Waals surface area contributed by atoms with Gasteiger partial charge in [0.1, 0.15) is 23.2 Å². The molecule has 2 rings (SSSR count). The van der Waals surface area contributed by atoms with E-state index in [1.54, 1.807) is 13.0 Å².